The smallest absolute Gasteiger partial charge is 0.242 e. The molecular weight excluding hydrogens is 481 g/mol. The van der Waals surface area contributed by atoms with E-state index in [9.17, 15) is 4.79 Å². The van der Waals surface area contributed by atoms with Gasteiger partial charge in [-0.05, 0) is 44.4 Å². The highest BCUT2D eigenvalue weighted by molar-refractivity contribution is 14.0. The van der Waals surface area contributed by atoms with Gasteiger partial charge in [0.2, 0.25) is 5.91 Å². The number of carbonyl (C=O) groups excluding carboxylic acids is 1. The fourth-order valence-electron chi connectivity index (χ4n) is 3.26. The van der Waals surface area contributed by atoms with Crippen molar-refractivity contribution in [1.29, 1.82) is 0 Å². The summed E-state index contributed by atoms with van der Waals surface area (Å²) in [6.45, 7) is 12.1. The van der Waals surface area contributed by atoms with E-state index in [1.807, 2.05) is 31.2 Å². The van der Waals surface area contributed by atoms with Crippen LogP contribution in [0.1, 0.15) is 33.3 Å². The average molecular weight is 517 g/mol. The number of carbonyl (C=O) groups is 1. The molecule has 0 aromatic heterocycles. The van der Waals surface area contributed by atoms with E-state index >= 15 is 0 Å². The van der Waals surface area contributed by atoms with Crippen molar-refractivity contribution >= 4 is 35.8 Å². The van der Waals surface area contributed by atoms with E-state index in [0.29, 0.717) is 30.5 Å². The third-order valence-corrected chi connectivity index (χ3v) is 5.07. The first-order valence-electron chi connectivity index (χ1n) is 10.1. The Balaban J connectivity index is 0.00000420. The zero-order valence-electron chi connectivity index (χ0n) is 18.2. The third-order valence-electron chi connectivity index (χ3n) is 5.07. The molecule has 7 nitrogen and oxygen atoms in total. The Kier molecular flexibility index (Phi) is 11.3. The van der Waals surface area contributed by atoms with E-state index in [4.69, 9.17) is 4.74 Å². The van der Waals surface area contributed by atoms with Crippen molar-refractivity contribution in [1.82, 2.24) is 20.9 Å². The summed E-state index contributed by atoms with van der Waals surface area (Å²) in [6.07, 6.45) is 0. The molecule has 3 N–H and O–H groups in total. The second-order valence-electron chi connectivity index (χ2n) is 7.60. The molecule has 164 valence electrons. The molecule has 1 aromatic rings. The first kappa shape index (κ1) is 25.5. The van der Waals surface area contributed by atoms with Crippen LogP contribution in [0.3, 0.4) is 0 Å². The number of halogens is 1. The molecule has 1 aliphatic rings. The van der Waals surface area contributed by atoms with Crippen LogP contribution in [0, 0.1) is 5.92 Å². The van der Waals surface area contributed by atoms with Crippen LogP contribution in [0.15, 0.2) is 29.3 Å². The average Bonchev–Trinajstić information content (AvgIpc) is 3.06. The van der Waals surface area contributed by atoms with Crippen LogP contribution in [0.25, 0.3) is 0 Å². The van der Waals surface area contributed by atoms with Gasteiger partial charge in [0.15, 0.2) is 5.96 Å². The lowest BCUT2D eigenvalue weighted by atomic mass is 10.1. The van der Waals surface area contributed by atoms with E-state index in [2.05, 4.69) is 46.6 Å². The molecule has 0 saturated carbocycles. The van der Waals surface area contributed by atoms with Crippen LogP contribution < -0.4 is 20.7 Å². The zero-order valence-corrected chi connectivity index (χ0v) is 20.5. The number of amides is 1. The van der Waals surface area contributed by atoms with Crippen molar-refractivity contribution in [2.75, 3.05) is 33.3 Å². The summed E-state index contributed by atoms with van der Waals surface area (Å²) < 4.78 is 5.14. The Labute approximate surface area is 192 Å². The number of benzene rings is 1. The predicted octanol–water partition coefficient (Wildman–Crippen LogP) is 2.21. The second-order valence-corrected chi connectivity index (χ2v) is 7.60. The predicted molar refractivity (Wildman–Crippen MR) is 129 cm³/mol. The van der Waals surface area contributed by atoms with Gasteiger partial charge in [0.1, 0.15) is 12.3 Å². The van der Waals surface area contributed by atoms with Crippen molar-refractivity contribution in [3.63, 3.8) is 0 Å². The quantitative estimate of drug-likeness (QED) is 0.280. The Morgan fingerprint density at radius 2 is 1.93 bits per heavy atom. The van der Waals surface area contributed by atoms with E-state index in [1.54, 1.807) is 7.11 Å². The van der Waals surface area contributed by atoms with Crippen molar-refractivity contribution in [2.45, 2.75) is 46.3 Å². The highest BCUT2D eigenvalue weighted by Crippen LogP contribution is 2.18. The Morgan fingerprint density at radius 3 is 2.48 bits per heavy atom. The first-order valence-corrected chi connectivity index (χ1v) is 10.1. The van der Waals surface area contributed by atoms with Gasteiger partial charge < -0.3 is 20.7 Å². The van der Waals surface area contributed by atoms with Crippen LogP contribution in [0.5, 0.6) is 5.75 Å². The summed E-state index contributed by atoms with van der Waals surface area (Å²) in [5, 5.41) is 9.65. The lowest BCUT2D eigenvalue weighted by molar-refractivity contribution is -0.119. The summed E-state index contributed by atoms with van der Waals surface area (Å²) in [6, 6.07) is 8.53. The number of nitrogens with zero attached hydrogens (tertiary/aromatic N) is 2. The maximum absolute atomic E-state index is 12.2. The van der Waals surface area contributed by atoms with Crippen molar-refractivity contribution < 1.29 is 9.53 Å². The Morgan fingerprint density at radius 1 is 1.24 bits per heavy atom. The summed E-state index contributed by atoms with van der Waals surface area (Å²) in [5.41, 5.74) is 1.02. The molecule has 2 atom stereocenters. The lowest BCUT2D eigenvalue weighted by Crippen LogP contribution is -2.47. The number of rotatable bonds is 8. The summed E-state index contributed by atoms with van der Waals surface area (Å²) in [4.78, 5) is 19.1. The molecule has 1 aliphatic heterocycles. The van der Waals surface area contributed by atoms with Crippen molar-refractivity contribution in [3.05, 3.63) is 29.8 Å². The molecule has 0 radical (unpaired) electrons. The van der Waals surface area contributed by atoms with Crippen LogP contribution in [-0.2, 0) is 11.3 Å². The minimum absolute atomic E-state index is 0. The molecule has 2 rings (SSSR count). The van der Waals surface area contributed by atoms with Gasteiger partial charge in [-0.15, -0.1) is 24.0 Å². The summed E-state index contributed by atoms with van der Waals surface area (Å²) in [7, 11) is 1.64. The standard InChI is InChI=1S/C21H35N5O2.HI/c1-6-22-21(25-19-14-26(15(2)3)13-16(19)4)24-12-20(27)23-11-17-7-9-18(28-5)10-8-17;/h7-10,15-16,19H,6,11-14H2,1-5H3,(H,23,27)(H2,22,24,25);1H. The number of methoxy groups -OCH3 is 1. The van der Waals surface area contributed by atoms with Crippen molar-refractivity contribution in [3.8, 4) is 5.75 Å². The molecule has 1 aromatic carbocycles. The second kappa shape index (κ2) is 12.9. The molecular formula is C21H36IN5O2. The fourth-order valence-corrected chi connectivity index (χ4v) is 3.26. The molecule has 0 aliphatic carbocycles. The monoisotopic (exact) mass is 517 g/mol. The summed E-state index contributed by atoms with van der Waals surface area (Å²) in [5.74, 6) is 1.94. The molecule has 0 bridgehead atoms. The molecule has 1 saturated heterocycles. The topological polar surface area (TPSA) is 78.0 Å². The number of aliphatic imine (C=N–C) groups is 1. The number of hydrogen-bond donors (Lipinski definition) is 3. The van der Waals surface area contributed by atoms with Gasteiger partial charge in [-0.1, -0.05) is 19.1 Å². The van der Waals surface area contributed by atoms with Crippen LogP contribution in [-0.4, -0.2) is 62.1 Å². The first-order chi connectivity index (χ1) is 13.4. The highest BCUT2D eigenvalue weighted by Gasteiger charge is 2.31. The maximum atomic E-state index is 12.2. The largest absolute Gasteiger partial charge is 0.497 e. The van der Waals surface area contributed by atoms with E-state index in [1.165, 1.54) is 0 Å². The zero-order chi connectivity index (χ0) is 20.5. The minimum Gasteiger partial charge on any atom is -0.497 e. The number of ether oxygens (including phenoxy) is 1. The van der Waals surface area contributed by atoms with Gasteiger partial charge >= 0.3 is 0 Å². The molecule has 0 spiro atoms. The molecule has 1 fully saturated rings. The Bertz CT molecular complexity index is 651. The number of likely N-dealkylation sites (tertiary alicyclic amines) is 1. The van der Waals surface area contributed by atoms with Gasteiger partial charge in [0.25, 0.3) is 0 Å². The highest BCUT2D eigenvalue weighted by atomic mass is 127. The maximum Gasteiger partial charge on any atom is 0.242 e. The van der Waals surface area contributed by atoms with Crippen molar-refractivity contribution in [2.24, 2.45) is 10.9 Å². The van der Waals surface area contributed by atoms with Gasteiger partial charge in [-0.2, -0.15) is 0 Å². The third kappa shape index (κ3) is 8.38. The van der Waals surface area contributed by atoms with E-state index < -0.39 is 0 Å². The van der Waals surface area contributed by atoms with Gasteiger partial charge in [-0.25, -0.2) is 4.99 Å². The van der Waals surface area contributed by atoms with Gasteiger partial charge in [0.05, 0.1) is 7.11 Å². The normalized spacial score (nSPS) is 19.6. The lowest BCUT2D eigenvalue weighted by Gasteiger charge is -2.21. The van der Waals surface area contributed by atoms with Crippen LogP contribution in [0.4, 0.5) is 0 Å². The summed E-state index contributed by atoms with van der Waals surface area (Å²) >= 11 is 0. The molecule has 2 unspecified atom stereocenters. The Hall–Kier alpha value is -1.55. The molecule has 29 heavy (non-hydrogen) atoms. The number of guanidine groups is 1. The van der Waals surface area contributed by atoms with Gasteiger partial charge in [-0.3, -0.25) is 9.69 Å². The van der Waals surface area contributed by atoms with Crippen LogP contribution in [0.2, 0.25) is 0 Å². The number of nitrogens with one attached hydrogen (secondary N) is 3. The van der Waals surface area contributed by atoms with Crippen LogP contribution >= 0.6 is 24.0 Å². The molecule has 8 heteroatoms. The SMILES string of the molecule is CCNC(=NCC(=O)NCc1ccc(OC)cc1)NC1CN(C(C)C)CC1C.I. The molecule has 1 heterocycles. The van der Waals surface area contributed by atoms with E-state index in [-0.39, 0.29) is 36.4 Å². The van der Waals surface area contributed by atoms with E-state index in [0.717, 1.165) is 30.9 Å². The number of hydrogen-bond acceptors (Lipinski definition) is 4. The fraction of sp³-hybridized carbons (Fsp3) is 0.619. The molecule has 1 amide bonds. The van der Waals surface area contributed by atoms with Gasteiger partial charge in [0, 0.05) is 38.3 Å². The minimum atomic E-state index is -0.101.